The van der Waals surface area contributed by atoms with E-state index in [9.17, 15) is 9.59 Å². The standard InChI is InChI=1S/C21H14BrClN2O3/c22-16-10-11-19(28-21(27)17-8-4-5-9-18(17)23)15(12-16)13-24-25-20(26)14-6-2-1-3-7-14/h1-13H,(H,25,26)/b24-13-. The molecule has 3 aromatic rings. The van der Waals surface area contributed by atoms with E-state index in [0.717, 1.165) is 4.47 Å². The molecule has 0 bridgehead atoms. The molecule has 0 fully saturated rings. The lowest BCUT2D eigenvalue weighted by molar-refractivity contribution is 0.0734. The van der Waals surface area contributed by atoms with Gasteiger partial charge in [-0.1, -0.05) is 57.9 Å². The first-order valence-electron chi connectivity index (χ1n) is 8.19. The molecule has 0 radical (unpaired) electrons. The largest absolute Gasteiger partial charge is 0.422 e. The van der Waals surface area contributed by atoms with Crippen LogP contribution in [0, 0.1) is 0 Å². The Hall–Kier alpha value is -2.96. The Kier molecular flexibility index (Phi) is 6.57. The summed E-state index contributed by atoms with van der Waals surface area (Å²) in [6.45, 7) is 0. The van der Waals surface area contributed by atoms with Gasteiger partial charge >= 0.3 is 5.97 Å². The van der Waals surface area contributed by atoms with Gasteiger partial charge in [0.1, 0.15) is 5.75 Å². The number of rotatable bonds is 5. The second-order valence-corrected chi connectivity index (χ2v) is 6.94. The van der Waals surface area contributed by atoms with Gasteiger partial charge in [0.25, 0.3) is 5.91 Å². The fourth-order valence-electron chi connectivity index (χ4n) is 2.31. The van der Waals surface area contributed by atoms with E-state index < -0.39 is 5.97 Å². The maximum atomic E-state index is 12.4. The second-order valence-electron chi connectivity index (χ2n) is 5.62. The number of halogens is 2. The van der Waals surface area contributed by atoms with Crippen LogP contribution < -0.4 is 10.2 Å². The molecule has 0 saturated heterocycles. The van der Waals surface area contributed by atoms with Crippen LogP contribution in [-0.2, 0) is 0 Å². The quantitative estimate of drug-likeness (QED) is 0.251. The summed E-state index contributed by atoms with van der Waals surface area (Å²) in [6, 6.07) is 20.4. The summed E-state index contributed by atoms with van der Waals surface area (Å²) < 4.78 is 6.23. The molecular formula is C21H14BrClN2O3. The van der Waals surface area contributed by atoms with Crippen LogP contribution in [0.15, 0.2) is 82.4 Å². The van der Waals surface area contributed by atoms with Crippen molar-refractivity contribution in [1.82, 2.24) is 5.43 Å². The van der Waals surface area contributed by atoms with E-state index in [1.807, 2.05) is 6.07 Å². The van der Waals surface area contributed by atoms with Crippen molar-refractivity contribution >= 4 is 45.6 Å². The summed E-state index contributed by atoms with van der Waals surface area (Å²) in [5.74, 6) is -0.650. The van der Waals surface area contributed by atoms with Crippen LogP contribution in [-0.4, -0.2) is 18.1 Å². The van der Waals surface area contributed by atoms with Gasteiger partial charge in [-0.15, -0.1) is 0 Å². The highest BCUT2D eigenvalue weighted by Gasteiger charge is 2.14. The van der Waals surface area contributed by atoms with Crippen molar-refractivity contribution in [2.24, 2.45) is 5.10 Å². The summed E-state index contributed by atoms with van der Waals surface area (Å²) in [5.41, 5.74) is 3.69. The summed E-state index contributed by atoms with van der Waals surface area (Å²) in [6.07, 6.45) is 1.40. The number of benzene rings is 3. The number of hydrazone groups is 1. The molecule has 0 atom stereocenters. The zero-order valence-corrected chi connectivity index (χ0v) is 16.8. The lowest BCUT2D eigenvalue weighted by Gasteiger charge is -2.09. The monoisotopic (exact) mass is 456 g/mol. The highest BCUT2D eigenvalue weighted by Crippen LogP contribution is 2.24. The van der Waals surface area contributed by atoms with Crippen molar-refractivity contribution in [2.75, 3.05) is 0 Å². The van der Waals surface area contributed by atoms with Gasteiger partial charge in [0.05, 0.1) is 16.8 Å². The zero-order chi connectivity index (χ0) is 19.9. The predicted octanol–water partition coefficient (Wildman–Crippen LogP) is 5.09. The molecule has 5 nitrogen and oxygen atoms in total. The number of hydrogen-bond donors (Lipinski definition) is 1. The Morgan fingerprint density at radius 2 is 1.71 bits per heavy atom. The van der Waals surface area contributed by atoms with Gasteiger partial charge in [0.15, 0.2) is 0 Å². The van der Waals surface area contributed by atoms with Crippen LogP contribution in [0.5, 0.6) is 5.75 Å². The van der Waals surface area contributed by atoms with Gasteiger partial charge in [-0.2, -0.15) is 5.10 Å². The normalized spacial score (nSPS) is 10.6. The van der Waals surface area contributed by atoms with Crippen molar-refractivity contribution in [2.45, 2.75) is 0 Å². The molecule has 0 aromatic heterocycles. The third kappa shape index (κ3) is 5.06. The number of hydrogen-bond acceptors (Lipinski definition) is 4. The topological polar surface area (TPSA) is 67.8 Å². The number of carbonyl (C=O) groups excluding carboxylic acids is 2. The molecule has 0 aliphatic heterocycles. The summed E-state index contributed by atoms with van der Waals surface area (Å²) in [4.78, 5) is 24.5. The molecule has 28 heavy (non-hydrogen) atoms. The Morgan fingerprint density at radius 1 is 1.00 bits per heavy atom. The van der Waals surface area contributed by atoms with E-state index in [-0.39, 0.29) is 17.2 Å². The lowest BCUT2D eigenvalue weighted by Crippen LogP contribution is -2.17. The Balaban J connectivity index is 1.76. The first kappa shape index (κ1) is 19.8. The van der Waals surface area contributed by atoms with Crippen LogP contribution >= 0.6 is 27.5 Å². The molecule has 1 amide bonds. The molecule has 0 spiro atoms. The maximum absolute atomic E-state index is 12.4. The maximum Gasteiger partial charge on any atom is 0.345 e. The minimum atomic E-state index is -0.587. The molecule has 140 valence electrons. The van der Waals surface area contributed by atoms with E-state index in [1.54, 1.807) is 66.7 Å². The molecule has 3 aromatic carbocycles. The van der Waals surface area contributed by atoms with E-state index in [1.165, 1.54) is 6.21 Å². The van der Waals surface area contributed by atoms with Crippen molar-refractivity contribution in [3.8, 4) is 5.75 Å². The van der Waals surface area contributed by atoms with Crippen LogP contribution in [0.2, 0.25) is 5.02 Å². The van der Waals surface area contributed by atoms with Gasteiger partial charge in [0.2, 0.25) is 0 Å². The zero-order valence-electron chi connectivity index (χ0n) is 14.4. The summed E-state index contributed by atoms with van der Waals surface area (Å²) in [5, 5.41) is 4.26. The van der Waals surface area contributed by atoms with Crippen LogP contribution in [0.4, 0.5) is 0 Å². The van der Waals surface area contributed by atoms with Gasteiger partial charge in [-0.25, -0.2) is 10.2 Å². The number of ether oxygens (including phenoxy) is 1. The van der Waals surface area contributed by atoms with Gasteiger partial charge in [0, 0.05) is 15.6 Å². The van der Waals surface area contributed by atoms with E-state index >= 15 is 0 Å². The number of carbonyl (C=O) groups is 2. The lowest BCUT2D eigenvalue weighted by atomic mass is 10.2. The molecule has 0 aliphatic carbocycles. The fraction of sp³-hybridized carbons (Fsp3) is 0. The van der Waals surface area contributed by atoms with E-state index in [2.05, 4.69) is 26.5 Å². The Labute approximate surface area is 175 Å². The minimum Gasteiger partial charge on any atom is -0.422 e. The first-order valence-corrected chi connectivity index (χ1v) is 9.36. The molecule has 0 saturated carbocycles. The first-order chi connectivity index (χ1) is 13.5. The Morgan fingerprint density at radius 3 is 2.46 bits per heavy atom. The van der Waals surface area contributed by atoms with Gasteiger partial charge in [-0.3, -0.25) is 4.79 Å². The molecule has 0 unspecified atom stereocenters. The molecular weight excluding hydrogens is 444 g/mol. The van der Waals surface area contributed by atoms with Crippen molar-refractivity contribution in [3.05, 3.63) is 99.0 Å². The molecule has 0 aliphatic rings. The number of nitrogens with one attached hydrogen (secondary N) is 1. The van der Waals surface area contributed by atoms with Gasteiger partial charge < -0.3 is 4.74 Å². The van der Waals surface area contributed by atoms with Crippen molar-refractivity contribution in [1.29, 1.82) is 0 Å². The fourth-order valence-corrected chi connectivity index (χ4v) is 2.90. The molecule has 3 rings (SSSR count). The second kappa shape index (κ2) is 9.30. The van der Waals surface area contributed by atoms with Crippen LogP contribution in [0.1, 0.15) is 26.3 Å². The molecule has 1 N–H and O–H groups in total. The number of amides is 1. The average molecular weight is 458 g/mol. The number of esters is 1. The van der Waals surface area contributed by atoms with E-state index in [4.69, 9.17) is 16.3 Å². The Bertz CT molecular complexity index is 1040. The summed E-state index contributed by atoms with van der Waals surface area (Å²) in [7, 11) is 0. The number of nitrogens with zero attached hydrogens (tertiary/aromatic N) is 1. The molecule has 0 heterocycles. The van der Waals surface area contributed by atoms with E-state index in [0.29, 0.717) is 16.1 Å². The van der Waals surface area contributed by atoms with Crippen LogP contribution in [0.3, 0.4) is 0 Å². The van der Waals surface area contributed by atoms with Crippen molar-refractivity contribution < 1.29 is 14.3 Å². The highest BCUT2D eigenvalue weighted by atomic mass is 79.9. The van der Waals surface area contributed by atoms with Gasteiger partial charge in [-0.05, 0) is 42.5 Å². The SMILES string of the molecule is O=C(N/N=C\c1cc(Br)ccc1OC(=O)c1ccccc1Cl)c1ccccc1. The predicted molar refractivity (Wildman–Crippen MR) is 112 cm³/mol. The highest BCUT2D eigenvalue weighted by molar-refractivity contribution is 9.10. The smallest absolute Gasteiger partial charge is 0.345 e. The third-order valence-electron chi connectivity index (χ3n) is 3.67. The third-order valence-corrected chi connectivity index (χ3v) is 4.50. The average Bonchev–Trinajstić information content (AvgIpc) is 2.70. The molecule has 7 heteroatoms. The summed E-state index contributed by atoms with van der Waals surface area (Å²) >= 11 is 9.41. The van der Waals surface area contributed by atoms with Crippen LogP contribution in [0.25, 0.3) is 0 Å². The minimum absolute atomic E-state index is 0.257. The van der Waals surface area contributed by atoms with Crippen molar-refractivity contribution in [3.63, 3.8) is 0 Å².